The number of hydrogen-bond acceptors (Lipinski definition) is 1. The van der Waals surface area contributed by atoms with Crippen molar-refractivity contribution in [1.82, 2.24) is 4.98 Å². The number of amides is 1. The Bertz CT molecular complexity index is 298. The number of nitrogens with one attached hydrogen (secondary N) is 1. The van der Waals surface area contributed by atoms with Crippen LogP contribution >= 0.6 is 0 Å². The summed E-state index contributed by atoms with van der Waals surface area (Å²) in [6.45, 7) is 0. The molecule has 1 N–H and O–H groups in total. The largest absolute Gasteiger partial charge is 0.364 e. The number of fused-ring (bicyclic) bond motifs is 1. The van der Waals surface area contributed by atoms with Gasteiger partial charge in [-0.25, -0.2) is 4.99 Å². The predicted octanol–water partition coefficient (Wildman–Crippen LogP) is 0.782. The number of rotatable bonds is 0. The van der Waals surface area contributed by atoms with Gasteiger partial charge < -0.3 is 4.98 Å². The number of aliphatic imine (C=N–C) groups is 1. The first-order valence-corrected chi connectivity index (χ1v) is 3.11. The summed E-state index contributed by atoms with van der Waals surface area (Å²) in [6, 6.07) is 1.76. The summed E-state index contributed by atoms with van der Waals surface area (Å²) in [4.78, 5) is 17.6. The van der Waals surface area contributed by atoms with E-state index in [9.17, 15) is 4.79 Å². The molecular formula is C7H6N2O. The standard InChI is InChI=1S/C7H6N2O/c10-7-5-1-3-8-6(5)2-4-9-7/h1,3-4,8H,2H2. The summed E-state index contributed by atoms with van der Waals surface area (Å²) in [5.41, 5.74) is 1.68. The van der Waals surface area contributed by atoms with E-state index in [2.05, 4.69) is 9.98 Å². The summed E-state index contributed by atoms with van der Waals surface area (Å²) in [5.74, 6) is -0.137. The molecule has 1 aromatic heterocycles. The van der Waals surface area contributed by atoms with E-state index in [0.29, 0.717) is 5.56 Å². The Kier molecular flexibility index (Phi) is 0.974. The maximum absolute atomic E-state index is 10.9. The van der Waals surface area contributed by atoms with Crippen LogP contribution in [0.15, 0.2) is 17.3 Å². The molecule has 0 fully saturated rings. The average Bonchev–Trinajstić information content (AvgIpc) is 2.36. The zero-order valence-corrected chi connectivity index (χ0v) is 5.29. The van der Waals surface area contributed by atoms with E-state index in [4.69, 9.17) is 0 Å². The van der Waals surface area contributed by atoms with E-state index in [1.54, 1.807) is 18.5 Å². The fourth-order valence-electron chi connectivity index (χ4n) is 1.06. The monoisotopic (exact) mass is 134 g/mol. The first-order chi connectivity index (χ1) is 4.88. The molecule has 3 nitrogen and oxygen atoms in total. The number of nitrogens with zero attached hydrogens (tertiary/aromatic N) is 1. The Morgan fingerprint density at radius 3 is 3.30 bits per heavy atom. The van der Waals surface area contributed by atoms with Gasteiger partial charge in [0.15, 0.2) is 0 Å². The number of H-pyrrole nitrogens is 1. The van der Waals surface area contributed by atoms with Crippen molar-refractivity contribution in [3.8, 4) is 0 Å². The highest BCUT2D eigenvalue weighted by Gasteiger charge is 2.13. The second-order valence-electron chi connectivity index (χ2n) is 2.19. The Balaban J connectivity index is 2.58. The van der Waals surface area contributed by atoms with Crippen molar-refractivity contribution >= 4 is 12.1 Å². The fourth-order valence-corrected chi connectivity index (χ4v) is 1.06. The first kappa shape index (κ1) is 5.41. The molecule has 1 amide bonds. The molecule has 0 radical (unpaired) electrons. The smallest absolute Gasteiger partial charge is 0.278 e. The zero-order valence-electron chi connectivity index (χ0n) is 5.29. The van der Waals surface area contributed by atoms with Crippen LogP contribution in [0.3, 0.4) is 0 Å². The molecule has 1 aromatic rings. The average molecular weight is 134 g/mol. The number of carbonyl (C=O) groups is 1. The first-order valence-electron chi connectivity index (χ1n) is 3.11. The van der Waals surface area contributed by atoms with Gasteiger partial charge in [-0.15, -0.1) is 0 Å². The highest BCUT2D eigenvalue weighted by atomic mass is 16.1. The van der Waals surface area contributed by atoms with Gasteiger partial charge in [-0.2, -0.15) is 0 Å². The molecule has 0 aliphatic carbocycles. The van der Waals surface area contributed by atoms with Crippen LogP contribution in [0.1, 0.15) is 16.1 Å². The third kappa shape index (κ3) is 0.603. The molecular weight excluding hydrogens is 128 g/mol. The van der Waals surface area contributed by atoms with E-state index >= 15 is 0 Å². The molecule has 1 aliphatic rings. The molecule has 0 bridgehead atoms. The molecule has 3 heteroatoms. The lowest BCUT2D eigenvalue weighted by atomic mass is 10.1. The summed E-state index contributed by atoms with van der Waals surface area (Å²) in [7, 11) is 0. The number of aromatic nitrogens is 1. The van der Waals surface area contributed by atoms with E-state index in [-0.39, 0.29) is 5.91 Å². The minimum absolute atomic E-state index is 0.137. The highest BCUT2D eigenvalue weighted by Crippen LogP contribution is 2.11. The molecule has 0 saturated carbocycles. The SMILES string of the molecule is O=C1N=CCc2[nH]ccc21. The Morgan fingerprint density at radius 2 is 2.50 bits per heavy atom. The van der Waals surface area contributed by atoms with Crippen LogP contribution < -0.4 is 0 Å². The maximum atomic E-state index is 10.9. The van der Waals surface area contributed by atoms with Gasteiger partial charge in [0.1, 0.15) is 0 Å². The van der Waals surface area contributed by atoms with Gasteiger partial charge in [-0.3, -0.25) is 4.79 Å². The minimum Gasteiger partial charge on any atom is -0.364 e. The maximum Gasteiger partial charge on any atom is 0.278 e. The lowest BCUT2D eigenvalue weighted by molar-refractivity contribution is 0.100. The summed E-state index contributed by atoms with van der Waals surface area (Å²) >= 11 is 0. The summed E-state index contributed by atoms with van der Waals surface area (Å²) < 4.78 is 0. The van der Waals surface area contributed by atoms with Crippen molar-refractivity contribution in [3.63, 3.8) is 0 Å². The van der Waals surface area contributed by atoms with Crippen molar-refractivity contribution in [3.05, 3.63) is 23.5 Å². The van der Waals surface area contributed by atoms with Crippen molar-refractivity contribution < 1.29 is 4.79 Å². The molecule has 0 aromatic carbocycles. The molecule has 0 spiro atoms. The molecule has 2 rings (SSSR count). The number of carbonyl (C=O) groups excluding carboxylic acids is 1. The third-order valence-corrected chi connectivity index (χ3v) is 1.57. The quantitative estimate of drug-likeness (QED) is 0.560. The molecule has 0 saturated heterocycles. The van der Waals surface area contributed by atoms with Gasteiger partial charge in [-0.1, -0.05) is 0 Å². The van der Waals surface area contributed by atoms with Gasteiger partial charge in [0.05, 0.1) is 5.56 Å². The lowest BCUT2D eigenvalue weighted by Gasteiger charge is -2.00. The van der Waals surface area contributed by atoms with Crippen molar-refractivity contribution in [2.24, 2.45) is 4.99 Å². The third-order valence-electron chi connectivity index (χ3n) is 1.57. The van der Waals surface area contributed by atoms with Crippen LogP contribution in [-0.4, -0.2) is 17.1 Å². The van der Waals surface area contributed by atoms with Crippen LogP contribution in [0.2, 0.25) is 0 Å². The lowest BCUT2D eigenvalue weighted by Crippen LogP contribution is -2.05. The zero-order chi connectivity index (χ0) is 6.97. The topological polar surface area (TPSA) is 45.2 Å². The van der Waals surface area contributed by atoms with Crippen LogP contribution in [0.4, 0.5) is 0 Å². The van der Waals surface area contributed by atoms with Gasteiger partial charge in [-0.05, 0) is 6.07 Å². The highest BCUT2D eigenvalue weighted by molar-refractivity contribution is 6.02. The minimum atomic E-state index is -0.137. The van der Waals surface area contributed by atoms with Gasteiger partial charge in [0.25, 0.3) is 5.91 Å². The molecule has 1 aliphatic heterocycles. The Labute approximate surface area is 57.8 Å². The molecule has 10 heavy (non-hydrogen) atoms. The van der Waals surface area contributed by atoms with E-state index in [1.807, 2.05) is 0 Å². The van der Waals surface area contributed by atoms with E-state index < -0.39 is 0 Å². The van der Waals surface area contributed by atoms with Gasteiger partial charge in [0, 0.05) is 24.5 Å². The normalized spacial score (nSPS) is 15.4. The molecule has 2 heterocycles. The summed E-state index contributed by atoms with van der Waals surface area (Å²) in [6.07, 6.45) is 4.13. The Morgan fingerprint density at radius 1 is 1.60 bits per heavy atom. The predicted molar refractivity (Wildman–Crippen MR) is 37.3 cm³/mol. The van der Waals surface area contributed by atoms with Crippen LogP contribution in [0.25, 0.3) is 0 Å². The molecule has 0 atom stereocenters. The fraction of sp³-hybridized carbons (Fsp3) is 0.143. The summed E-state index contributed by atoms with van der Waals surface area (Å²) in [5, 5.41) is 0. The molecule has 50 valence electrons. The van der Waals surface area contributed by atoms with Crippen molar-refractivity contribution in [2.45, 2.75) is 6.42 Å². The Hall–Kier alpha value is -1.38. The number of hydrogen-bond donors (Lipinski definition) is 1. The second-order valence-corrected chi connectivity index (χ2v) is 2.19. The van der Waals surface area contributed by atoms with Crippen LogP contribution in [-0.2, 0) is 6.42 Å². The number of aromatic amines is 1. The van der Waals surface area contributed by atoms with Crippen molar-refractivity contribution in [1.29, 1.82) is 0 Å². The second kappa shape index (κ2) is 1.80. The van der Waals surface area contributed by atoms with Crippen LogP contribution in [0, 0.1) is 0 Å². The van der Waals surface area contributed by atoms with Gasteiger partial charge >= 0.3 is 0 Å². The van der Waals surface area contributed by atoms with Gasteiger partial charge in [0.2, 0.25) is 0 Å². The van der Waals surface area contributed by atoms with Crippen molar-refractivity contribution in [2.75, 3.05) is 0 Å². The van der Waals surface area contributed by atoms with E-state index in [1.165, 1.54) is 0 Å². The van der Waals surface area contributed by atoms with E-state index in [0.717, 1.165) is 12.1 Å². The van der Waals surface area contributed by atoms with Crippen LogP contribution in [0.5, 0.6) is 0 Å². The molecule has 0 unspecified atom stereocenters.